The van der Waals surface area contributed by atoms with Gasteiger partial charge in [0.1, 0.15) is 0 Å². The highest BCUT2D eigenvalue weighted by atomic mass is 16.2. The van der Waals surface area contributed by atoms with Crippen LogP contribution in [0.4, 0.5) is 22.1 Å². The van der Waals surface area contributed by atoms with Gasteiger partial charge in [0.2, 0.25) is 5.95 Å². The second-order valence-corrected chi connectivity index (χ2v) is 6.91. The van der Waals surface area contributed by atoms with E-state index >= 15 is 0 Å². The normalized spacial score (nSPS) is 13.8. The van der Waals surface area contributed by atoms with Gasteiger partial charge >= 0.3 is 6.03 Å². The average molecular weight is 383 g/mol. The van der Waals surface area contributed by atoms with Gasteiger partial charge in [0, 0.05) is 43.9 Å². The third kappa shape index (κ3) is 5.40. The van der Waals surface area contributed by atoms with Crippen molar-refractivity contribution in [1.29, 1.82) is 0 Å². The first-order valence-electron chi connectivity index (χ1n) is 9.24. The molecule has 0 bridgehead atoms. The predicted molar refractivity (Wildman–Crippen MR) is 107 cm³/mol. The van der Waals surface area contributed by atoms with Crippen LogP contribution in [0, 0.1) is 0 Å². The van der Waals surface area contributed by atoms with Gasteiger partial charge in [0.15, 0.2) is 0 Å². The van der Waals surface area contributed by atoms with E-state index in [0.717, 1.165) is 18.5 Å². The SMILES string of the molecule is CN(C)C(=O)Nc1cccc(Nc2ncc(C(=O)NNC3CCCC3)cn2)c1. The number of hydrazine groups is 1. The van der Waals surface area contributed by atoms with E-state index in [9.17, 15) is 9.59 Å². The van der Waals surface area contributed by atoms with Crippen molar-refractivity contribution in [3.63, 3.8) is 0 Å². The number of anilines is 3. The Labute approximate surface area is 163 Å². The van der Waals surface area contributed by atoms with Crippen molar-refractivity contribution in [2.45, 2.75) is 31.7 Å². The summed E-state index contributed by atoms with van der Waals surface area (Å²) in [5.74, 6) is 0.100. The molecule has 1 aliphatic carbocycles. The van der Waals surface area contributed by atoms with Crippen LogP contribution in [-0.4, -0.2) is 46.9 Å². The standard InChI is InChI=1S/C19H25N7O2/c1-26(2)19(28)23-16-9-5-8-15(10-16)22-18-20-11-13(12-21-18)17(27)25-24-14-6-3-4-7-14/h5,8-12,14,24H,3-4,6-7H2,1-2H3,(H,23,28)(H,25,27)(H,20,21,22). The number of nitrogens with one attached hydrogen (secondary N) is 4. The molecule has 4 N–H and O–H groups in total. The Bertz CT molecular complexity index is 817. The van der Waals surface area contributed by atoms with E-state index in [4.69, 9.17) is 0 Å². The third-order valence-corrected chi connectivity index (χ3v) is 4.44. The van der Waals surface area contributed by atoms with Crippen LogP contribution >= 0.6 is 0 Å². The van der Waals surface area contributed by atoms with Crippen LogP contribution in [0.25, 0.3) is 0 Å². The first-order valence-corrected chi connectivity index (χ1v) is 9.24. The van der Waals surface area contributed by atoms with E-state index in [0.29, 0.717) is 23.2 Å². The highest BCUT2D eigenvalue weighted by molar-refractivity contribution is 5.93. The summed E-state index contributed by atoms with van der Waals surface area (Å²) in [6.45, 7) is 0. The van der Waals surface area contributed by atoms with Crippen molar-refractivity contribution >= 4 is 29.3 Å². The lowest BCUT2D eigenvalue weighted by Crippen LogP contribution is -2.43. The largest absolute Gasteiger partial charge is 0.331 e. The summed E-state index contributed by atoms with van der Waals surface area (Å²) in [4.78, 5) is 33.7. The summed E-state index contributed by atoms with van der Waals surface area (Å²) in [6, 6.07) is 7.33. The molecule has 0 radical (unpaired) electrons. The maximum Gasteiger partial charge on any atom is 0.321 e. The van der Waals surface area contributed by atoms with Gasteiger partial charge in [-0.15, -0.1) is 0 Å². The molecule has 1 aromatic heterocycles. The molecule has 1 saturated carbocycles. The van der Waals surface area contributed by atoms with Crippen molar-refractivity contribution in [2.24, 2.45) is 0 Å². The topological polar surface area (TPSA) is 111 Å². The summed E-state index contributed by atoms with van der Waals surface area (Å²) in [6.07, 6.45) is 7.48. The summed E-state index contributed by atoms with van der Waals surface area (Å²) in [7, 11) is 3.35. The number of hydrogen-bond acceptors (Lipinski definition) is 6. The number of carbonyl (C=O) groups is 2. The lowest BCUT2D eigenvalue weighted by Gasteiger charge is -2.13. The van der Waals surface area contributed by atoms with E-state index in [-0.39, 0.29) is 11.9 Å². The second kappa shape index (κ2) is 9.14. The van der Waals surface area contributed by atoms with Crippen molar-refractivity contribution < 1.29 is 9.59 Å². The van der Waals surface area contributed by atoms with E-state index in [1.165, 1.54) is 30.1 Å². The van der Waals surface area contributed by atoms with Gasteiger partial charge in [0.25, 0.3) is 5.91 Å². The number of urea groups is 1. The third-order valence-electron chi connectivity index (χ3n) is 4.44. The van der Waals surface area contributed by atoms with Crippen LogP contribution in [0.2, 0.25) is 0 Å². The number of rotatable bonds is 6. The molecule has 28 heavy (non-hydrogen) atoms. The van der Waals surface area contributed by atoms with E-state index in [2.05, 4.69) is 31.5 Å². The molecule has 0 aliphatic heterocycles. The molecule has 9 nitrogen and oxygen atoms in total. The van der Waals surface area contributed by atoms with Gasteiger partial charge in [-0.1, -0.05) is 18.9 Å². The fourth-order valence-electron chi connectivity index (χ4n) is 2.86. The summed E-state index contributed by atoms with van der Waals surface area (Å²) in [5.41, 5.74) is 7.51. The number of benzene rings is 1. The maximum absolute atomic E-state index is 12.2. The summed E-state index contributed by atoms with van der Waals surface area (Å²) in [5, 5.41) is 5.83. The van der Waals surface area contributed by atoms with Crippen molar-refractivity contribution in [2.75, 3.05) is 24.7 Å². The molecule has 2 aromatic rings. The number of amides is 3. The minimum atomic E-state index is -0.258. The molecular weight excluding hydrogens is 358 g/mol. The number of nitrogens with zero attached hydrogens (tertiary/aromatic N) is 3. The zero-order valence-electron chi connectivity index (χ0n) is 16.0. The second-order valence-electron chi connectivity index (χ2n) is 6.91. The number of aromatic nitrogens is 2. The highest BCUT2D eigenvalue weighted by Gasteiger charge is 2.16. The molecule has 0 saturated heterocycles. The first kappa shape index (κ1) is 19.6. The van der Waals surface area contributed by atoms with E-state index in [1.54, 1.807) is 26.2 Å². The maximum atomic E-state index is 12.2. The van der Waals surface area contributed by atoms with Gasteiger partial charge in [-0.25, -0.2) is 20.2 Å². The quantitative estimate of drug-likeness (QED) is 0.570. The van der Waals surface area contributed by atoms with E-state index in [1.807, 2.05) is 12.1 Å². The van der Waals surface area contributed by atoms with Crippen molar-refractivity contribution in [1.82, 2.24) is 25.7 Å². The van der Waals surface area contributed by atoms with Gasteiger partial charge in [-0.2, -0.15) is 0 Å². The predicted octanol–water partition coefficient (Wildman–Crippen LogP) is 2.49. The number of hydrogen-bond donors (Lipinski definition) is 4. The van der Waals surface area contributed by atoms with Crippen LogP contribution in [0.3, 0.4) is 0 Å². The molecule has 1 fully saturated rings. The Morgan fingerprint density at radius 3 is 2.43 bits per heavy atom. The van der Waals surface area contributed by atoms with E-state index < -0.39 is 0 Å². The fraction of sp³-hybridized carbons (Fsp3) is 0.368. The van der Waals surface area contributed by atoms with Gasteiger partial charge < -0.3 is 15.5 Å². The van der Waals surface area contributed by atoms with Crippen LogP contribution in [0.5, 0.6) is 0 Å². The molecule has 1 aromatic carbocycles. The zero-order valence-corrected chi connectivity index (χ0v) is 16.0. The van der Waals surface area contributed by atoms with Gasteiger partial charge in [-0.3, -0.25) is 10.2 Å². The monoisotopic (exact) mass is 383 g/mol. The van der Waals surface area contributed by atoms with Crippen LogP contribution in [-0.2, 0) is 0 Å². The molecule has 3 rings (SSSR count). The minimum Gasteiger partial charge on any atom is -0.331 e. The summed E-state index contributed by atoms with van der Waals surface area (Å²) >= 11 is 0. The van der Waals surface area contributed by atoms with Crippen LogP contribution in [0.15, 0.2) is 36.7 Å². The minimum absolute atomic E-state index is 0.213. The molecule has 9 heteroatoms. The molecule has 1 heterocycles. The smallest absolute Gasteiger partial charge is 0.321 e. The lowest BCUT2D eigenvalue weighted by molar-refractivity contribution is 0.0924. The Morgan fingerprint density at radius 2 is 1.75 bits per heavy atom. The first-order chi connectivity index (χ1) is 13.5. The molecular formula is C19H25N7O2. The number of carbonyl (C=O) groups excluding carboxylic acids is 2. The molecule has 148 valence electrons. The summed E-state index contributed by atoms with van der Waals surface area (Å²) < 4.78 is 0. The fourth-order valence-corrected chi connectivity index (χ4v) is 2.86. The molecule has 1 aliphatic rings. The molecule has 0 spiro atoms. The molecule has 3 amide bonds. The Morgan fingerprint density at radius 1 is 1.07 bits per heavy atom. The van der Waals surface area contributed by atoms with Gasteiger partial charge in [-0.05, 0) is 31.0 Å². The molecule has 0 unspecified atom stereocenters. The van der Waals surface area contributed by atoms with Crippen molar-refractivity contribution in [3.05, 3.63) is 42.2 Å². The average Bonchev–Trinajstić information content (AvgIpc) is 3.20. The zero-order chi connectivity index (χ0) is 19.9. The van der Waals surface area contributed by atoms with Crippen LogP contribution < -0.4 is 21.5 Å². The Kier molecular flexibility index (Phi) is 6.38. The van der Waals surface area contributed by atoms with Gasteiger partial charge in [0.05, 0.1) is 5.56 Å². The molecule has 0 atom stereocenters. The Hall–Kier alpha value is -3.20. The van der Waals surface area contributed by atoms with Crippen LogP contribution in [0.1, 0.15) is 36.0 Å². The Balaban J connectivity index is 1.56. The van der Waals surface area contributed by atoms with Crippen molar-refractivity contribution in [3.8, 4) is 0 Å². The lowest BCUT2D eigenvalue weighted by atomic mass is 10.3. The highest BCUT2D eigenvalue weighted by Crippen LogP contribution is 2.19.